The molecule has 0 unspecified atom stereocenters. The zero-order valence-corrected chi connectivity index (χ0v) is 24.7. The van der Waals surface area contributed by atoms with Crippen molar-refractivity contribution in [2.45, 2.75) is 117 Å². The summed E-state index contributed by atoms with van der Waals surface area (Å²) in [5.74, 6) is 1.94. The fourth-order valence-corrected chi connectivity index (χ4v) is 5.20. The van der Waals surface area contributed by atoms with Gasteiger partial charge in [0.1, 0.15) is 0 Å². The third-order valence-corrected chi connectivity index (χ3v) is 7.86. The maximum atomic E-state index is 6.67. The lowest BCUT2D eigenvalue weighted by atomic mass is 9.80. The third-order valence-electron chi connectivity index (χ3n) is 6.16. The van der Waals surface area contributed by atoms with Crippen LogP contribution < -0.4 is 7.58 Å². The van der Waals surface area contributed by atoms with E-state index in [1.54, 1.807) is 0 Å². The third kappa shape index (κ3) is 7.28. The molecule has 0 aliphatic carbocycles. The van der Waals surface area contributed by atoms with Gasteiger partial charge in [-0.2, -0.15) is 0 Å². The molecule has 3 heteroatoms. The van der Waals surface area contributed by atoms with Crippen LogP contribution in [0.5, 0.6) is 11.5 Å². The van der Waals surface area contributed by atoms with Gasteiger partial charge in [-0.25, -0.2) is 0 Å². The summed E-state index contributed by atoms with van der Waals surface area (Å²) in [5.41, 5.74) is 5.38. The van der Waals surface area contributed by atoms with Crippen LogP contribution in [-0.4, -0.2) is 14.8 Å². The van der Waals surface area contributed by atoms with Gasteiger partial charge in [-0.05, 0) is 61.3 Å². The largest absolute Gasteiger partial charge is 0.856 e. The van der Waals surface area contributed by atoms with Crippen molar-refractivity contribution in [3.8, 4) is 11.5 Å². The SMILES string of the molecule is C[CH2][Al]([O]c1ccc(C(C)(C)C)cc1C(C)(C)C)[O]c1ccc(C(C)(C)C)cc1C(C)(C)C. The Hall–Kier alpha value is -1.43. The molecule has 2 aromatic carbocycles. The Morgan fingerprint density at radius 2 is 0.879 bits per heavy atom. The van der Waals surface area contributed by atoms with Crippen molar-refractivity contribution in [2.24, 2.45) is 0 Å². The Morgan fingerprint density at radius 3 is 1.12 bits per heavy atom. The lowest BCUT2D eigenvalue weighted by molar-refractivity contribution is 0.403. The van der Waals surface area contributed by atoms with Crippen molar-refractivity contribution in [3.63, 3.8) is 0 Å². The van der Waals surface area contributed by atoms with Gasteiger partial charge in [0.2, 0.25) is 0 Å². The molecular formula is C30H47AlO2. The van der Waals surface area contributed by atoms with Gasteiger partial charge in [0.05, 0.1) is 11.5 Å². The first kappa shape index (κ1) is 27.8. The summed E-state index contributed by atoms with van der Waals surface area (Å²) in [7, 11) is 0. The van der Waals surface area contributed by atoms with Gasteiger partial charge < -0.3 is 7.58 Å². The first-order valence-corrected chi connectivity index (χ1v) is 14.2. The van der Waals surface area contributed by atoms with Gasteiger partial charge in [0, 0.05) is 0 Å². The lowest BCUT2D eigenvalue weighted by Gasteiger charge is -2.30. The molecular weight excluding hydrogens is 419 g/mol. The van der Waals surface area contributed by atoms with E-state index in [1.807, 2.05) is 0 Å². The second-order valence-electron chi connectivity index (χ2n) is 13.5. The van der Waals surface area contributed by atoms with E-state index in [9.17, 15) is 0 Å². The van der Waals surface area contributed by atoms with Crippen LogP contribution in [0, 0.1) is 0 Å². The van der Waals surface area contributed by atoms with Crippen molar-refractivity contribution in [1.29, 1.82) is 0 Å². The van der Waals surface area contributed by atoms with Gasteiger partial charge in [-0.15, -0.1) is 0 Å². The second-order valence-corrected chi connectivity index (χ2v) is 15.6. The maximum Gasteiger partial charge on any atom is 0.856 e. The lowest BCUT2D eigenvalue weighted by Crippen LogP contribution is -2.31. The summed E-state index contributed by atoms with van der Waals surface area (Å²) in [6, 6.07) is 13.4. The predicted octanol–water partition coefficient (Wildman–Crippen LogP) is 8.84. The van der Waals surface area contributed by atoms with Crippen LogP contribution in [-0.2, 0) is 21.7 Å². The zero-order chi connectivity index (χ0) is 25.4. The fourth-order valence-electron chi connectivity index (χ4n) is 3.84. The van der Waals surface area contributed by atoms with Crippen molar-refractivity contribution in [1.82, 2.24) is 0 Å². The number of hydrogen-bond acceptors (Lipinski definition) is 2. The summed E-state index contributed by atoms with van der Waals surface area (Å²) in [5, 5.41) is 0.898. The average molecular weight is 467 g/mol. The van der Waals surface area contributed by atoms with E-state index >= 15 is 0 Å². The topological polar surface area (TPSA) is 18.5 Å². The molecule has 0 heterocycles. The average Bonchev–Trinajstić information content (AvgIpc) is 2.64. The molecule has 0 radical (unpaired) electrons. The molecule has 0 atom stereocenters. The minimum absolute atomic E-state index is 0.00574. The van der Waals surface area contributed by atoms with Gasteiger partial charge in [-0.3, -0.25) is 0 Å². The van der Waals surface area contributed by atoms with E-state index in [4.69, 9.17) is 7.58 Å². The maximum absolute atomic E-state index is 6.67. The molecule has 33 heavy (non-hydrogen) atoms. The van der Waals surface area contributed by atoms with Crippen molar-refractivity contribution >= 4 is 14.8 Å². The molecule has 182 valence electrons. The minimum Gasteiger partial charge on any atom is -0.612 e. The summed E-state index contributed by atoms with van der Waals surface area (Å²) in [6.07, 6.45) is 0. The number of hydrogen-bond donors (Lipinski definition) is 0. The monoisotopic (exact) mass is 466 g/mol. The zero-order valence-electron chi connectivity index (χ0n) is 23.6. The molecule has 0 spiro atoms. The molecule has 0 fully saturated rings. The Kier molecular flexibility index (Phi) is 8.15. The number of benzene rings is 2. The Balaban J connectivity index is 2.44. The summed E-state index contributed by atoms with van der Waals surface area (Å²) in [6.45, 7) is 29.3. The van der Waals surface area contributed by atoms with E-state index in [0.717, 1.165) is 16.8 Å². The second kappa shape index (κ2) is 9.67. The molecule has 0 amide bonds. The smallest absolute Gasteiger partial charge is 0.612 e. The van der Waals surface area contributed by atoms with E-state index in [1.165, 1.54) is 22.3 Å². The van der Waals surface area contributed by atoms with Gasteiger partial charge in [0.25, 0.3) is 0 Å². The highest BCUT2D eigenvalue weighted by atomic mass is 27.2. The molecule has 0 aliphatic heterocycles. The Morgan fingerprint density at radius 1 is 0.545 bits per heavy atom. The van der Waals surface area contributed by atoms with Gasteiger partial charge >= 0.3 is 14.8 Å². The quantitative estimate of drug-likeness (QED) is 0.410. The van der Waals surface area contributed by atoms with E-state index < -0.39 is 14.8 Å². The minimum atomic E-state index is -1.98. The molecule has 0 aliphatic rings. The molecule has 0 bridgehead atoms. The summed E-state index contributed by atoms with van der Waals surface area (Å²) in [4.78, 5) is 0. The van der Waals surface area contributed by atoms with Crippen LogP contribution >= 0.6 is 0 Å². The van der Waals surface area contributed by atoms with E-state index in [0.29, 0.717) is 0 Å². The Labute approximate surface area is 209 Å². The van der Waals surface area contributed by atoms with Crippen molar-refractivity contribution in [3.05, 3.63) is 58.7 Å². The van der Waals surface area contributed by atoms with Crippen molar-refractivity contribution < 1.29 is 7.58 Å². The van der Waals surface area contributed by atoms with Crippen LogP contribution in [0.2, 0.25) is 5.28 Å². The standard InChI is InChI=1S/2C14H22O.C2H5.Al/c2*1-13(2,3)10-7-8-12(15)11(9-10)14(4,5)6;1-2;/h2*7-9,15H,1-6H3;1H2,2H3;/q;;;+2/p-2. The highest BCUT2D eigenvalue weighted by Gasteiger charge is 2.34. The van der Waals surface area contributed by atoms with Gasteiger partial charge in [-0.1, -0.05) is 114 Å². The highest BCUT2D eigenvalue weighted by Crippen LogP contribution is 2.38. The van der Waals surface area contributed by atoms with Gasteiger partial charge in [0.15, 0.2) is 0 Å². The number of rotatable bonds is 5. The molecule has 2 nitrogen and oxygen atoms in total. The molecule has 0 N–H and O–H groups in total. The predicted molar refractivity (Wildman–Crippen MR) is 145 cm³/mol. The first-order valence-electron chi connectivity index (χ1n) is 12.5. The summed E-state index contributed by atoms with van der Waals surface area (Å²) >= 11 is -1.98. The molecule has 0 saturated carbocycles. The normalized spacial score (nSPS) is 13.1. The fraction of sp³-hybridized carbons (Fsp3) is 0.600. The van der Waals surface area contributed by atoms with E-state index in [-0.39, 0.29) is 21.7 Å². The summed E-state index contributed by atoms with van der Waals surface area (Å²) < 4.78 is 13.3. The van der Waals surface area contributed by atoms with Crippen LogP contribution in [0.25, 0.3) is 0 Å². The van der Waals surface area contributed by atoms with Crippen LogP contribution in [0.4, 0.5) is 0 Å². The highest BCUT2D eigenvalue weighted by molar-refractivity contribution is 6.46. The van der Waals surface area contributed by atoms with Crippen LogP contribution in [0.1, 0.15) is 112 Å². The molecule has 0 saturated heterocycles. The molecule has 0 aromatic heterocycles. The first-order chi connectivity index (χ1) is 14.8. The molecule has 2 rings (SSSR count). The van der Waals surface area contributed by atoms with E-state index in [2.05, 4.69) is 126 Å². The van der Waals surface area contributed by atoms with Crippen molar-refractivity contribution in [2.75, 3.05) is 0 Å². The molecule has 2 aromatic rings. The van der Waals surface area contributed by atoms with Crippen LogP contribution in [0.15, 0.2) is 36.4 Å². The Bertz CT molecular complexity index is 870. The van der Waals surface area contributed by atoms with Crippen LogP contribution in [0.3, 0.4) is 0 Å².